The third-order valence-corrected chi connectivity index (χ3v) is 1.33. The quantitative estimate of drug-likeness (QED) is 0.463. The minimum atomic E-state index is -6.53. The fraction of sp³-hybridized carbons (Fsp3) is 0.600. The van der Waals surface area contributed by atoms with Gasteiger partial charge in [0.1, 0.15) is 0 Å². The van der Waals surface area contributed by atoms with Crippen LogP contribution >= 0.6 is 0 Å². The summed E-state index contributed by atoms with van der Waals surface area (Å²) in [6, 6.07) is 0. The zero-order chi connectivity index (χ0) is 12.7. The van der Waals surface area contributed by atoms with Crippen LogP contribution in [0.2, 0.25) is 0 Å². The molecule has 0 aliphatic carbocycles. The van der Waals surface area contributed by atoms with Crippen LogP contribution in [0, 0.1) is 0 Å². The Morgan fingerprint density at radius 3 is 1.12 bits per heavy atom. The monoisotopic (exact) mass is 264 g/mol. The molecule has 0 aliphatic rings. The number of carboxylic acids is 2. The van der Waals surface area contributed by atoms with Crippen LogP contribution < -0.4 is 29.6 Å². The van der Waals surface area contributed by atoms with E-state index in [-0.39, 0.29) is 31.0 Å². The molecular weight excluding hydrogens is 261 g/mol. The molecule has 0 saturated heterocycles. The van der Waals surface area contributed by atoms with Crippen LogP contribution in [0.15, 0.2) is 0 Å². The van der Waals surface area contributed by atoms with Gasteiger partial charge in [-0.1, -0.05) is 0 Å². The van der Waals surface area contributed by atoms with Crippen LogP contribution in [0.1, 0.15) is 1.43 Å². The van der Waals surface area contributed by atoms with Crippen LogP contribution in [0.4, 0.5) is 26.3 Å². The van der Waals surface area contributed by atoms with Crippen LogP contribution in [-0.2, 0) is 9.59 Å². The summed E-state index contributed by atoms with van der Waals surface area (Å²) in [6.07, 6.45) is 0. The molecule has 11 heteroatoms. The molecule has 0 aromatic rings. The van der Waals surface area contributed by atoms with Crippen LogP contribution in [-0.4, -0.2) is 39.9 Å². The maximum absolute atomic E-state index is 12.2. The first-order chi connectivity index (χ1) is 6.39. The number of hydrogen-bond donors (Lipinski definition) is 2. The van der Waals surface area contributed by atoms with Crippen molar-refractivity contribution >= 4 is 11.9 Å². The maximum Gasteiger partial charge on any atom is 1.00 e. The molecule has 2 N–H and O–H groups in total. The van der Waals surface area contributed by atoms with E-state index in [1.54, 1.807) is 0 Å². The SMILES string of the molecule is O=C(O)C(F)(F)C(F)(F)C(F)(F)C(=O)O.[H-].[Na+]. The van der Waals surface area contributed by atoms with E-state index in [1.807, 2.05) is 0 Å². The smallest absolute Gasteiger partial charge is 1.00 e. The second-order valence-corrected chi connectivity index (χ2v) is 2.33. The minimum absolute atomic E-state index is 0. The fourth-order valence-corrected chi connectivity index (χ4v) is 0.466. The first-order valence-electron chi connectivity index (χ1n) is 2.99. The van der Waals surface area contributed by atoms with Gasteiger partial charge in [0.15, 0.2) is 0 Å². The summed E-state index contributed by atoms with van der Waals surface area (Å²) in [5.74, 6) is -26.0. The molecule has 90 valence electrons. The van der Waals surface area contributed by atoms with Gasteiger partial charge in [-0.2, -0.15) is 26.3 Å². The topological polar surface area (TPSA) is 74.6 Å². The predicted molar refractivity (Wildman–Crippen MR) is 31.2 cm³/mol. The molecule has 16 heavy (non-hydrogen) atoms. The Hall–Kier alpha value is -0.480. The maximum atomic E-state index is 12.2. The second kappa shape index (κ2) is 4.80. The van der Waals surface area contributed by atoms with Gasteiger partial charge in [-0.05, 0) is 0 Å². The van der Waals surface area contributed by atoms with E-state index in [9.17, 15) is 35.9 Å². The molecular formula is C5H3F6NaO4. The summed E-state index contributed by atoms with van der Waals surface area (Å²) < 4.78 is 72.8. The van der Waals surface area contributed by atoms with Crippen molar-refractivity contribution in [1.29, 1.82) is 0 Å². The Kier molecular flexibility index (Phi) is 5.37. The van der Waals surface area contributed by atoms with Crippen molar-refractivity contribution in [1.82, 2.24) is 0 Å². The van der Waals surface area contributed by atoms with E-state index in [2.05, 4.69) is 0 Å². The van der Waals surface area contributed by atoms with Gasteiger partial charge in [-0.25, -0.2) is 9.59 Å². The van der Waals surface area contributed by atoms with E-state index in [1.165, 1.54) is 0 Å². The van der Waals surface area contributed by atoms with Gasteiger partial charge in [0.2, 0.25) is 0 Å². The molecule has 0 atom stereocenters. The van der Waals surface area contributed by atoms with Gasteiger partial charge in [-0.3, -0.25) is 0 Å². The van der Waals surface area contributed by atoms with Crippen molar-refractivity contribution < 1.29 is 77.1 Å². The number of rotatable bonds is 4. The summed E-state index contributed by atoms with van der Waals surface area (Å²) >= 11 is 0. The van der Waals surface area contributed by atoms with Gasteiger partial charge >= 0.3 is 59.3 Å². The van der Waals surface area contributed by atoms with Crippen LogP contribution in [0.5, 0.6) is 0 Å². The minimum Gasteiger partial charge on any atom is -1.00 e. The van der Waals surface area contributed by atoms with E-state index in [0.29, 0.717) is 0 Å². The summed E-state index contributed by atoms with van der Waals surface area (Å²) in [6.45, 7) is 0. The van der Waals surface area contributed by atoms with Crippen molar-refractivity contribution in [3.8, 4) is 0 Å². The summed E-state index contributed by atoms with van der Waals surface area (Å²) in [5, 5.41) is 15.1. The Balaban J connectivity index is -0.000000980. The van der Waals surface area contributed by atoms with E-state index >= 15 is 0 Å². The van der Waals surface area contributed by atoms with Gasteiger partial charge < -0.3 is 11.6 Å². The predicted octanol–water partition coefficient (Wildman–Crippen LogP) is -1.82. The fourth-order valence-electron chi connectivity index (χ4n) is 0.466. The van der Waals surface area contributed by atoms with E-state index < -0.39 is 29.7 Å². The number of aliphatic carboxylic acids is 2. The summed E-state index contributed by atoms with van der Waals surface area (Å²) in [5.41, 5.74) is 0. The normalized spacial score (nSPS) is 12.9. The zero-order valence-corrected chi connectivity index (χ0v) is 9.48. The Bertz CT molecular complexity index is 281. The molecule has 4 nitrogen and oxygen atoms in total. The molecule has 0 aromatic heterocycles. The molecule has 0 unspecified atom stereocenters. The zero-order valence-electron chi connectivity index (χ0n) is 8.48. The first kappa shape index (κ1) is 17.9. The Morgan fingerprint density at radius 2 is 1.00 bits per heavy atom. The molecule has 0 rings (SSSR count). The molecule has 0 amide bonds. The van der Waals surface area contributed by atoms with Crippen molar-refractivity contribution in [3.05, 3.63) is 0 Å². The third-order valence-electron chi connectivity index (χ3n) is 1.33. The molecule has 0 heterocycles. The summed E-state index contributed by atoms with van der Waals surface area (Å²) in [7, 11) is 0. The van der Waals surface area contributed by atoms with Crippen LogP contribution in [0.25, 0.3) is 0 Å². The van der Waals surface area contributed by atoms with Gasteiger partial charge in [-0.15, -0.1) is 0 Å². The first-order valence-corrected chi connectivity index (χ1v) is 2.99. The molecule has 0 aromatic carbocycles. The molecule has 0 spiro atoms. The van der Waals surface area contributed by atoms with E-state index in [4.69, 9.17) is 10.2 Å². The van der Waals surface area contributed by atoms with Gasteiger partial charge in [0.05, 0.1) is 0 Å². The van der Waals surface area contributed by atoms with Crippen molar-refractivity contribution in [3.63, 3.8) is 0 Å². The molecule has 0 saturated carbocycles. The average molecular weight is 264 g/mol. The van der Waals surface area contributed by atoms with E-state index in [0.717, 1.165) is 0 Å². The van der Waals surface area contributed by atoms with Crippen molar-refractivity contribution in [2.24, 2.45) is 0 Å². The molecule has 0 radical (unpaired) electrons. The third kappa shape index (κ3) is 2.43. The largest absolute Gasteiger partial charge is 1.00 e. The van der Waals surface area contributed by atoms with Gasteiger partial charge in [0, 0.05) is 0 Å². The molecule has 0 bridgehead atoms. The van der Waals surface area contributed by atoms with Crippen LogP contribution in [0.3, 0.4) is 0 Å². The number of halogens is 6. The van der Waals surface area contributed by atoms with Crippen molar-refractivity contribution in [2.45, 2.75) is 17.8 Å². The second-order valence-electron chi connectivity index (χ2n) is 2.33. The molecule has 0 aliphatic heterocycles. The molecule has 0 fully saturated rings. The number of hydrogen-bond acceptors (Lipinski definition) is 2. The number of alkyl halides is 6. The van der Waals surface area contributed by atoms with Gasteiger partial charge in [0.25, 0.3) is 0 Å². The van der Waals surface area contributed by atoms with Crippen molar-refractivity contribution in [2.75, 3.05) is 0 Å². The Labute approximate surface area is 107 Å². The average Bonchev–Trinajstić information content (AvgIpc) is 2.02. The summed E-state index contributed by atoms with van der Waals surface area (Å²) in [4.78, 5) is 19.2. The standard InChI is InChI=1S/C5H2F6O4.Na.H/c6-3(7,1(12)13)5(10,11)4(8,9)2(14)15;;/h(H,12,13)(H,14,15);;/q;+1;-1. The number of carbonyl (C=O) groups is 2. The number of carboxylic acid groups (broad SMARTS) is 2. The Morgan fingerprint density at radius 1 is 0.812 bits per heavy atom.